The fourth-order valence-corrected chi connectivity index (χ4v) is 4.82. The Kier molecular flexibility index (Phi) is 6.11. The molecule has 3 heterocycles. The number of carbonyl (C=O) groups excluding carboxylic acids is 2. The fraction of sp³-hybridized carbons (Fsp3) is 0.462. The van der Waals surface area contributed by atoms with Gasteiger partial charge in [-0.1, -0.05) is 6.92 Å². The van der Waals surface area contributed by atoms with Crippen LogP contribution in [0.5, 0.6) is 11.5 Å². The number of hydrogen-bond acceptors (Lipinski definition) is 5. The third-order valence-electron chi connectivity index (χ3n) is 6.89. The minimum absolute atomic E-state index is 0.0579. The van der Waals surface area contributed by atoms with Crippen LogP contribution in [0.25, 0.3) is 0 Å². The lowest BCUT2D eigenvalue weighted by Gasteiger charge is -2.35. The van der Waals surface area contributed by atoms with Crippen molar-refractivity contribution in [2.24, 2.45) is 5.92 Å². The molecule has 0 bridgehead atoms. The topological polar surface area (TPSA) is 71.1 Å². The van der Waals surface area contributed by atoms with Crippen LogP contribution in [-0.2, 0) is 0 Å². The lowest BCUT2D eigenvalue weighted by molar-refractivity contribution is 0.0724. The second kappa shape index (κ2) is 9.33. The summed E-state index contributed by atoms with van der Waals surface area (Å²) in [6.07, 6.45) is 5.51. The number of nitrogens with one attached hydrogen (secondary N) is 1. The van der Waals surface area contributed by atoms with E-state index in [2.05, 4.69) is 17.1 Å². The van der Waals surface area contributed by atoms with Crippen molar-refractivity contribution >= 4 is 23.2 Å². The Labute approximate surface area is 194 Å². The van der Waals surface area contributed by atoms with Crippen molar-refractivity contribution in [2.75, 3.05) is 43.2 Å². The maximum absolute atomic E-state index is 13.5. The molecule has 2 aromatic rings. The molecule has 0 aromatic heterocycles. The molecule has 33 heavy (non-hydrogen) atoms. The third kappa shape index (κ3) is 4.63. The summed E-state index contributed by atoms with van der Waals surface area (Å²) in [6, 6.07) is 10.9. The van der Waals surface area contributed by atoms with Crippen LogP contribution in [0.2, 0.25) is 0 Å². The average Bonchev–Trinajstić information content (AvgIpc) is 3.33. The molecule has 7 nitrogen and oxygen atoms in total. The number of likely N-dealkylation sites (tertiary alicyclic amines) is 1. The van der Waals surface area contributed by atoms with Crippen LogP contribution in [-0.4, -0.2) is 49.7 Å². The fourth-order valence-electron chi connectivity index (χ4n) is 4.82. The molecule has 0 atom stereocenters. The monoisotopic (exact) mass is 449 g/mol. The van der Waals surface area contributed by atoms with Gasteiger partial charge >= 0.3 is 0 Å². The van der Waals surface area contributed by atoms with E-state index in [0.717, 1.165) is 57.5 Å². The van der Waals surface area contributed by atoms with Crippen LogP contribution in [0.3, 0.4) is 0 Å². The second-order valence-corrected chi connectivity index (χ2v) is 9.28. The zero-order chi connectivity index (χ0) is 22.8. The van der Waals surface area contributed by atoms with Gasteiger partial charge in [-0.3, -0.25) is 9.59 Å². The van der Waals surface area contributed by atoms with Crippen molar-refractivity contribution in [3.05, 3.63) is 47.5 Å². The molecular formula is C26H31N3O4. The summed E-state index contributed by atoms with van der Waals surface area (Å²) in [5, 5.41) is 2.96. The summed E-state index contributed by atoms with van der Waals surface area (Å²) < 4.78 is 10.7. The van der Waals surface area contributed by atoms with Gasteiger partial charge in [0.2, 0.25) is 6.79 Å². The quantitative estimate of drug-likeness (QED) is 0.743. The van der Waals surface area contributed by atoms with E-state index in [0.29, 0.717) is 34.2 Å². The molecule has 0 saturated carbocycles. The number of amides is 2. The molecule has 0 radical (unpaired) electrons. The standard InChI is InChI=1S/C26H31N3O4/c1-18-9-13-28(14-10-18)22-7-6-20(16-21(22)26(31)29-11-3-2-4-12-29)27-25(30)19-5-8-23-24(15-19)33-17-32-23/h5-8,15-16,18H,2-4,9-14,17H2,1H3,(H,27,30). The summed E-state index contributed by atoms with van der Waals surface area (Å²) >= 11 is 0. The Morgan fingerprint density at radius 2 is 1.67 bits per heavy atom. The minimum atomic E-state index is -0.246. The maximum atomic E-state index is 13.5. The number of hydrogen-bond donors (Lipinski definition) is 1. The van der Waals surface area contributed by atoms with E-state index in [9.17, 15) is 9.59 Å². The van der Waals surface area contributed by atoms with Gasteiger partial charge in [0.15, 0.2) is 11.5 Å². The van der Waals surface area contributed by atoms with Gasteiger partial charge in [-0.05, 0) is 74.4 Å². The van der Waals surface area contributed by atoms with E-state index in [4.69, 9.17) is 9.47 Å². The molecular weight excluding hydrogens is 418 g/mol. The van der Waals surface area contributed by atoms with Gasteiger partial charge in [-0.2, -0.15) is 0 Å². The van der Waals surface area contributed by atoms with E-state index in [1.165, 1.54) is 6.42 Å². The first-order valence-electron chi connectivity index (χ1n) is 12.0. The molecule has 2 saturated heterocycles. The largest absolute Gasteiger partial charge is 0.454 e. The summed E-state index contributed by atoms with van der Waals surface area (Å²) in [5.74, 6) is 1.73. The number of benzene rings is 2. The molecule has 3 aliphatic rings. The van der Waals surface area contributed by atoms with Gasteiger partial charge in [-0.25, -0.2) is 0 Å². The smallest absolute Gasteiger partial charge is 0.256 e. The molecule has 2 amide bonds. The van der Waals surface area contributed by atoms with Crippen LogP contribution in [0.1, 0.15) is 59.7 Å². The van der Waals surface area contributed by atoms with Crippen LogP contribution in [0, 0.1) is 5.92 Å². The van der Waals surface area contributed by atoms with Gasteiger partial charge in [0.25, 0.3) is 11.8 Å². The molecule has 3 aliphatic heterocycles. The predicted molar refractivity (Wildman–Crippen MR) is 127 cm³/mol. The number of fused-ring (bicyclic) bond motifs is 1. The van der Waals surface area contributed by atoms with E-state index < -0.39 is 0 Å². The summed E-state index contributed by atoms with van der Waals surface area (Å²) in [4.78, 5) is 30.7. The minimum Gasteiger partial charge on any atom is -0.454 e. The molecule has 2 fully saturated rings. The Balaban J connectivity index is 1.40. The maximum Gasteiger partial charge on any atom is 0.256 e. The highest BCUT2D eigenvalue weighted by molar-refractivity contribution is 6.06. The zero-order valence-corrected chi connectivity index (χ0v) is 19.1. The highest BCUT2D eigenvalue weighted by atomic mass is 16.7. The third-order valence-corrected chi connectivity index (χ3v) is 6.89. The van der Waals surface area contributed by atoms with E-state index in [-0.39, 0.29) is 18.6 Å². The summed E-state index contributed by atoms with van der Waals surface area (Å²) in [6.45, 7) is 5.94. The molecule has 1 N–H and O–H groups in total. The van der Waals surface area contributed by atoms with Crippen molar-refractivity contribution in [1.82, 2.24) is 4.90 Å². The van der Waals surface area contributed by atoms with Crippen LogP contribution < -0.4 is 19.7 Å². The molecule has 0 aliphatic carbocycles. The number of piperidine rings is 2. The number of rotatable bonds is 4. The van der Waals surface area contributed by atoms with Crippen LogP contribution >= 0.6 is 0 Å². The predicted octanol–water partition coefficient (Wildman–Crippen LogP) is 4.53. The summed E-state index contributed by atoms with van der Waals surface area (Å²) in [7, 11) is 0. The number of nitrogens with zero attached hydrogens (tertiary/aromatic N) is 2. The molecule has 0 spiro atoms. The zero-order valence-electron chi connectivity index (χ0n) is 19.1. The lowest BCUT2D eigenvalue weighted by atomic mass is 9.97. The van der Waals surface area contributed by atoms with Gasteiger partial charge < -0.3 is 24.6 Å². The van der Waals surface area contributed by atoms with Crippen molar-refractivity contribution < 1.29 is 19.1 Å². The van der Waals surface area contributed by atoms with Gasteiger partial charge in [0.1, 0.15) is 0 Å². The van der Waals surface area contributed by atoms with Crippen molar-refractivity contribution in [3.63, 3.8) is 0 Å². The summed E-state index contributed by atoms with van der Waals surface area (Å²) in [5.41, 5.74) is 2.75. The number of carbonyl (C=O) groups is 2. The highest BCUT2D eigenvalue weighted by Crippen LogP contribution is 2.33. The Morgan fingerprint density at radius 1 is 0.909 bits per heavy atom. The Bertz CT molecular complexity index is 1040. The van der Waals surface area contributed by atoms with E-state index >= 15 is 0 Å². The SMILES string of the molecule is CC1CCN(c2ccc(NC(=O)c3ccc4c(c3)OCO4)cc2C(=O)N2CCCCC2)CC1. The molecule has 2 aromatic carbocycles. The van der Waals surface area contributed by atoms with Crippen molar-refractivity contribution in [1.29, 1.82) is 0 Å². The Hall–Kier alpha value is -3.22. The van der Waals surface area contributed by atoms with Gasteiger partial charge in [0.05, 0.1) is 5.56 Å². The van der Waals surface area contributed by atoms with Crippen LogP contribution in [0.4, 0.5) is 11.4 Å². The second-order valence-electron chi connectivity index (χ2n) is 9.28. The Morgan fingerprint density at radius 3 is 2.45 bits per heavy atom. The first-order valence-corrected chi connectivity index (χ1v) is 12.0. The van der Waals surface area contributed by atoms with Crippen molar-refractivity contribution in [2.45, 2.75) is 39.0 Å². The van der Waals surface area contributed by atoms with Crippen LogP contribution in [0.15, 0.2) is 36.4 Å². The first-order chi connectivity index (χ1) is 16.1. The molecule has 0 unspecified atom stereocenters. The van der Waals surface area contributed by atoms with Gasteiger partial charge in [0, 0.05) is 43.1 Å². The highest BCUT2D eigenvalue weighted by Gasteiger charge is 2.26. The first kappa shape index (κ1) is 21.6. The van der Waals surface area contributed by atoms with Crippen molar-refractivity contribution in [3.8, 4) is 11.5 Å². The lowest BCUT2D eigenvalue weighted by Crippen LogP contribution is -2.38. The number of ether oxygens (including phenoxy) is 2. The molecule has 174 valence electrons. The molecule has 7 heteroatoms. The van der Waals surface area contributed by atoms with Gasteiger partial charge in [-0.15, -0.1) is 0 Å². The van der Waals surface area contributed by atoms with E-state index in [1.807, 2.05) is 23.1 Å². The van der Waals surface area contributed by atoms with E-state index in [1.54, 1.807) is 18.2 Å². The number of anilines is 2. The average molecular weight is 450 g/mol. The normalized spacial score (nSPS) is 18.3. The molecule has 5 rings (SSSR count).